The van der Waals surface area contributed by atoms with Crippen molar-refractivity contribution in [2.24, 2.45) is 0 Å². The van der Waals surface area contributed by atoms with E-state index in [-0.39, 0.29) is 18.1 Å². The zero-order chi connectivity index (χ0) is 15.2. The Labute approximate surface area is 123 Å². The molecule has 0 spiro atoms. The number of ether oxygens (including phenoxy) is 3. The largest absolute Gasteiger partial charge is 0.497 e. The van der Waals surface area contributed by atoms with Crippen molar-refractivity contribution in [2.75, 3.05) is 19.5 Å². The van der Waals surface area contributed by atoms with Crippen molar-refractivity contribution in [3.8, 4) is 23.5 Å². The summed E-state index contributed by atoms with van der Waals surface area (Å²) < 4.78 is 16.2. The fraction of sp³-hybridized carbons (Fsp3) is 0.357. The highest BCUT2D eigenvalue weighted by Crippen LogP contribution is 2.23. The van der Waals surface area contributed by atoms with Gasteiger partial charge in [0.1, 0.15) is 11.5 Å². The number of nitrogens with zero attached hydrogens (tertiary/aromatic N) is 3. The smallest absolute Gasteiger partial charge is 0.330 e. The van der Waals surface area contributed by atoms with Gasteiger partial charge in [0.15, 0.2) is 0 Å². The van der Waals surface area contributed by atoms with Crippen LogP contribution in [0.1, 0.15) is 13.8 Å². The van der Waals surface area contributed by atoms with E-state index in [2.05, 4.69) is 20.3 Å². The van der Waals surface area contributed by atoms with E-state index in [4.69, 9.17) is 14.2 Å². The molecule has 1 N–H and O–H groups in total. The van der Waals surface area contributed by atoms with Crippen LogP contribution in [0.25, 0.3) is 0 Å². The van der Waals surface area contributed by atoms with Gasteiger partial charge in [-0.1, -0.05) is 0 Å². The Morgan fingerprint density at radius 2 is 1.57 bits per heavy atom. The third-order valence-electron chi connectivity index (χ3n) is 2.43. The minimum Gasteiger partial charge on any atom is -0.497 e. The zero-order valence-corrected chi connectivity index (χ0v) is 12.5. The van der Waals surface area contributed by atoms with Crippen LogP contribution in [0.15, 0.2) is 24.3 Å². The lowest BCUT2D eigenvalue weighted by Crippen LogP contribution is -2.11. The van der Waals surface area contributed by atoms with E-state index in [1.165, 1.54) is 0 Å². The number of methoxy groups -OCH3 is 1. The Bertz CT molecular complexity index is 587. The molecule has 7 heteroatoms. The lowest BCUT2D eigenvalue weighted by atomic mass is 10.3. The van der Waals surface area contributed by atoms with Crippen molar-refractivity contribution in [2.45, 2.75) is 20.0 Å². The summed E-state index contributed by atoms with van der Waals surface area (Å²) >= 11 is 0. The van der Waals surface area contributed by atoms with Gasteiger partial charge in [-0.2, -0.15) is 9.97 Å². The maximum Gasteiger partial charge on any atom is 0.330 e. The van der Waals surface area contributed by atoms with Crippen LogP contribution in [0.4, 0.5) is 5.95 Å². The number of anilines is 1. The average molecular weight is 290 g/mol. The fourth-order valence-corrected chi connectivity index (χ4v) is 1.51. The molecular weight excluding hydrogens is 272 g/mol. The Morgan fingerprint density at radius 1 is 0.952 bits per heavy atom. The molecule has 0 amide bonds. The first-order valence-electron chi connectivity index (χ1n) is 6.53. The summed E-state index contributed by atoms with van der Waals surface area (Å²) in [6.07, 6.45) is -0.0362. The normalized spacial score (nSPS) is 10.3. The molecular formula is C14H18N4O3. The molecule has 112 valence electrons. The molecule has 1 heterocycles. The Kier molecular flexibility index (Phi) is 4.76. The molecule has 0 aliphatic rings. The Balaban J connectivity index is 2.20. The van der Waals surface area contributed by atoms with Crippen LogP contribution >= 0.6 is 0 Å². The molecule has 2 aromatic rings. The molecule has 0 saturated carbocycles. The summed E-state index contributed by atoms with van der Waals surface area (Å²) in [4.78, 5) is 12.4. The molecule has 1 aromatic heterocycles. The number of benzene rings is 1. The van der Waals surface area contributed by atoms with Crippen molar-refractivity contribution in [3.63, 3.8) is 0 Å². The summed E-state index contributed by atoms with van der Waals surface area (Å²) in [5.74, 6) is 1.72. The summed E-state index contributed by atoms with van der Waals surface area (Å²) in [5.41, 5.74) is 0. The van der Waals surface area contributed by atoms with E-state index in [1.807, 2.05) is 13.8 Å². The minimum atomic E-state index is -0.0362. The third kappa shape index (κ3) is 4.20. The lowest BCUT2D eigenvalue weighted by Gasteiger charge is -2.10. The predicted octanol–water partition coefficient (Wildman–Crippen LogP) is 2.50. The van der Waals surface area contributed by atoms with Crippen molar-refractivity contribution < 1.29 is 14.2 Å². The molecule has 0 atom stereocenters. The van der Waals surface area contributed by atoms with Crippen molar-refractivity contribution >= 4 is 5.95 Å². The van der Waals surface area contributed by atoms with Crippen molar-refractivity contribution in [1.29, 1.82) is 0 Å². The van der Waals surface area contributed by atoms with Crippen molar-refractivity contribution in [3.05, 3.63) is 24.3 Å². The number of nitrogens with one attached hydrogen (secondary N) is 1. The lowest BCUT2D eigenvalue weighted by molar-refractivity contribution is 0.218. The van der Waals surface area contributed by atoms with Crippen LogP contribution in [0.3, 0.4) is 0 Å². The van der Waals surface area contributed by atoms with Gasteiger partial charge in [0, 0.05) is 7.05 Å². The van der Waals surface area contributed by atoms with E-state index in [9.17, 15) is 0 Å². The van der Waals surface area contributed by atoms with Crippen molar-refractivity contribution in [1.82, 2.24) is 15.0 Å². The molecule has 0 aliphatic carbocycles. The predicted molar refractivity (Wildman–Crippen MR) is 78.2 cm³/mol. The summed E-state index contributed by atoms with van der Waals surface area (Å²) in [6, 6.07) is 7.50. The van der Waals surface area contributed by atoms with Gasteiger partial charge in [0.05, 0.1) is 13.2 Å². The Hall–Kier alpha value is -2.57. The van der Waals surface area contributed by atoms with E-state index < -0.39 is 0 Å². The van der Waals surface area contributed by atoms with Gasteiger partial charge in [0.2, 0.25) is 5.95 Å². The molecule has 0 radical (unpaired) electrons. The second-order valence-corrected chi connectivity index (χ2v) is 4.42. The van der Waals surface area contributed by atoms with Gasteiger partial charge in [-0.05, 0) is 38.1 Å². The number of aromatic nitrogens is 3. The fourth-order valence-electron chi connectivity index (χ4n) is 1.51. The first kappa shape index (κ1) is 14.8. The number of hydrogen-bond acceptors (Lipinski definition) is 7. The maximum absolute atomic E-state index is 5.60. The molecule has 2 rings (SSSR count). The molecule has 1 aromatic carbocycles. The molecule has 0 unspecified atom stereocenters. The third-order valence-corrected chi connectivity index (χ3v) is 2.43. The average Bonchev–Trinajstić information content (AvgIpc) is 2.47. The quantitative estimate of drug-likeness (QED) is 0.875. The molecule has 21 heavy (non-hydrogen) atoms. The van der Waals surface area contributed by atoms with E-state index in [1.54, 1.807) is 38.4 Å². The van der Waals surface area contributed by atoms with Gasteiger partial charge in [0.25, 0.3) is 0 Å². The van der Waals surface area contributed by atoms with Crippen LogP contribution < -0.4 is 19.5 Å². The van der Waals surface area contributed by atoms with E-state index >= 15 is 0 Å². The summed E-state index contributed by atoms with van der Waals surface area (Å²) in [7, 11) is 3.32. The van der Waals surface area contributed by atoms with Gasteiger partial charge in [-0.15, -0.1) is 4.98 Å². The number of rotatable bonds is 6. The zero-order valence-electron chi connectivity index (χ0n) is 12.5. The Morgan fingerprint density at radius 3 is 2.14 bits per heavy atom. The van der Waals surface area contributed by atoms with E-state index in [0.717, 1.165) is 5.75 Å². The van der Waals surface area contributed by atoms with Crippen LogP contribution in [-0.2, 0) is 0 Å². The maximum atomic E-state index is 5.60. The minimum absolute atomic E-state index is 0.0362. The second kappa shape index (κ2) is 6.74. The first-order valence-corrected chi connectivity index (χ1v) is 6.53. The highest BCUT2D eigenvalue weighted by atomic mass is 16.5. The first-order chi connectivity index (χ1) is 10.1. The second-order valence-electron chi connectivity index (χ2n) is 4.42. The van der Waals surface area contributed by atoms with Gasteiger partial charge in [-0.3, -0.25) is 0 Å². The van der Waals surface area contributed by atoms with Gasteiger partial charge in [-0.25, -0.2) is 0 Å². The number of hydrogen-bond donors (Lipinski definition) is 1. The van der Waals surface area contributed by atoms with Crippen LogP contribution in [0.5, 0.6) is 23.5 Å². The molecule has 0 aliphatic heterocycles. The van der Waals surface area contributed by atoms with Crippen LogP contribution in [0, 0.1) is 0 Å². The standard InChI is InChI=1S/C14H18N4O3/c1-9(2)20-13-16-12(15-3)17-14(18-13)21-11-7-5-10(19-4)6-8-11/h5-9H,1-4H3,(H,15,16,17,18). The van der Waals surface area contributed by atoms with Gasteiger partial charge < -0.3 is 19.5 Å². The van der Waals surface area contributed by atoms with Crippen LogP contribution in [-0.4, -0.2) is 35.2 Å². The monoisotopic (exact) mass is 290 g/mol. The highest BCUT2D eigenvalue weighted by molar-refractivity contribution is 5.34. The summed E-state index contributed by atoms with van der Waals surface area (Å²) in [6.45, 7) is 3.79. The van der Waals surface area contributed by atoms with E-state index in [0.29, 0.717) is 11.7 Å². The SMILES string of the molecule is CNc1nc(Oc2ccc(OC)cc2)nc(OC(C)C)n1. The molecule has 0 bridgehead atoms. The summed E-state index contributed by atoms with van der Waals surface area (Å²) in [5, 5.41) is 2.84. The van der Waals surface area contributed by atoms with Gasteiger partial charge >= 0.3 is 12.0 Å². The molecule has 0 saturated heterocycles. The van der Waals surface area contributed by atoms with Crippen LogP contribution in [0.2, 0.25) is 0 Å². The topological polar surface area (TPSA) is 78.4 Å². The highest BCUT2D eigenvalue weighted by Gasteiger charge is 2.10. The molecule has 0 fully saturated rings. The molecule has 7 nitrogen and oxygen atoms in total.